The number of aromatic nitrogens is 1. The summed E-state index contributed by atoms with van der Waals surface area (Å²) in [4.78, 5) is 22.9. The van der Waals surface area contributed by atoms with Gasteiger partial charge in [-0.15, -0.1) is 0 Å². The SMILES string of the molecule is CCCCCN1C(=O)C2(COc3cc4c(cc32)OCO4)c2c(-c3ccc(N(C)C)nc3)cccc21. The number of nitrogens with zero attached hydrogens (tertiary/aromatic N) is 3. The van der Waals surface area contributed by atoms with E-state index >= 15 is 0 Å². The monoisotopic (exact) mass is 471 g/mol. The van der Waals surface area contributed by atoms with Crippen LogP contribution in [-0.2, 0) is 10.2 Å². The van der Waals surface area contributed by atoms with E-state index in [0.717, 1.165) is 53.0 Å². The van der Waals surface area contributed by atoms with Crippen molar-refractivity contribution in [3.05, 3.63) is 59.8 Å². The number of carbonyl (C=O) groups is 1. The van der Waals surface area contributed by atoms with Gasteiger partial charge in [0, 0.05) is 55.3 Å². The van der Waals surface area contributed by atoms with Crippen molar-refractivity contribution in [1.29, 1.82) is 0 Å². The second kappa shape index (κ2) is 8.18. The molecule has 1 aromatic heterocycles. The molecule has 180 valence electrons. The highest BCUT2D eigenvalue weighted by Gasteiger charge is 2.58. The number of fused-ring (bicyclic) bond motifs is 5. The van der Waals surface area contributed by atoms with Crippen LogP contribution in [0.5, 0.6) is 17.2 Å². The number of carbonyl (C=O) groups excluding carboxylic acids is 1. The fraction of sp³-hybridized carbons (Fsp3) is 0.357. The van der Waals surface area contributed by atoms with Crippen LogP contribution in [0.4, 0.5) is 11.5 Å². The summed E-state index contributed by atoms with van der Waals surface area (Å²) in [6, 6.07) is 14.1. The Morgan fingerprint density at radius 2 is 1.86 bits per heavy atom. The molecule has 0 bridgehead atoms. The smallest absolute Gasteiger partial charge is 0.245 e. The molecule has 0 aliphatic carbocycles. The Bertz CT molecular complexity index is 1300. The van der Waals surface area contributed by atoms with E-state index in [4.69, 9.17) is 14.2 Å². The van der Waals surface area contributed by atoms with Gasteiger partial charge < -0.3 is 24.0 Å². The fourth-order valence-electron chi connectivity index (χ4n) is 5.48. The summed E-state index contributed by atoms with van der Waals surface area (Å²) in [5.74, 6) is 2.94. The van der Waals surface area contributed by atoms with Crippen molar-refractivity contribution < 1.29 is 19.0 Å². The molecule has 2 aromatic carbocycles. The van der Waals surface area contributed by atoms with Crippen molar-refractivity contribution in [2.45, 2.75) is 31.6 Å². The summed E-state index contributed by atoms with van der Waals surface area (Å²) in [7, 11) is 3.95. The minimum Gasteiger partial charge on any atom is -0.491 e. The highest BCUT2D eigenvalue weighted by Crippen LogP contribution is 2.57. The van der Waals surface area contributed by atoms with Crippen LogP contribution >= 0.6 is 0 Å². The third kappa shape index (κ3) is 3.17. The zero-order valence-corrected chi connectivity index (χ0v) is 20.3. The Morgan fingerprint density at radius 3 is 2.60 bits per heavy atom. The third-order valence-electron chi connectivity index (χ3n) is 7.25. The zero-order chi connectivity index (χ0) is 24.2. The maximum atomic E-state index is 14.3. The summed E-state index contributed by atoms with van der Waals surface area (Å²) in [6.45, 7) is 3.28. The standard InChI is InChI=1S/C28H29N3O4/c1-4-5-6-12-31-21-9-7-8-19(18-10-11-25(29-15-18)30(2)3)26(21)28(27(31)32)16-33-22-14-24-23(13-20(22)28)34-17-35-24/h7-11,13-15H,4-6,12,16-17H2,1-3H3. The fourth-order valence-corrected chi connectivity index (χ4v) is 5.48. The number of hydrogen-bond acceptors (Lipinski definition) is 6. The van der Waals surface area contributed by atoms with Crippen molar-refractivity contribution in [1.82, 2.24) is 4.98 Å². The number of pyridine rings is 1. The molecule has 1 atom stereocenters. The van der Waals surface area contributed by atoms with Crippen LogP contribution in [0.1, 0.15) is 37.3 Å². The molecule has 1 spiro atoms. The van der Waals surface area contributed by atoms with E-state index in [1.54, 1.807) is 0 Å². The van der Waals surface area contributed by atoms with Gasteiger partial charge in [-0.25, -0.2) is 4.98 Å². The highest BCUT2D eigenvalue weighted by molar-refractivity contribution is 6.13. The largest absolute Gasteiger partial charge is 0.491 e. The Balaban J connectivity index is 1.55. The lowest BCUT2D eigenvalue weighted by Gasteiger charge is -2.24. The number of anilines is 2. The second-order valence-electron chi connectivity index (χ2n) is 9.56. The van der Waals surface area contributed by atoms with Crippen molar-refractivity contribution in [3.8, 4) is 28.4 Å². The number of hydrogen-bond donors (Lipinski definition) is 0. The summed E-state index contributed by atoms with van der Waals surface area (Å²) in [5.41, 5.74) is 3.82. The van der Waals surface area contributed by atoms with Gasteiger partial charge in [0.15, 0.2) is 11.5 Å². The summed E-state index contributed by atoms with van der Waals surface area (Å²) in [5, 5.41) is 0. The van der Waals surface area contributed by atoms with E-state index in [1.807, 2.05) is 54.4 Å². The van der Waals surface area contributed by atoms with Crippen molar-refractivity contribution in [3.63, 3.8) is 0 Å². The Labute approximate surface area is 205 Å². The molecule has 0 N–H and O–H groups in total. The van der Waals surface area contributed by atoms with Crippen LogP contribution in [-0.4, -0.2) is 44.9 Å². The van der Waals surface area contributed by atoms with E-state index in [2.05, 4.69) is 30.1 Å². The predicted octanol–water partition coefficient (Wildman–Crippen LogP) is 4.76. The van der Waals surface area contributed by atoms with Crippen molar-refractivity contribution >= 4 is 17.4 Å². The molecular weight excluding hydrogens is 442 g/mol. The van der Waals surface area contributed by atoms with Gasteiger partial charge in [-0.2, -0.15) is 0 Å². The molecule has 3 aromatic rings. The topological polar surface area (TPSA) is 64.1 Å². The molecule has 3 aliphatic rings. The second-order valence-corrected chi connectivity index (χ2v) is 9.56. The van der Waals surface area contributed by atoms with Gasteiger partial charge in [0.1, 0.15) is 23.6 Å². The third-order valence-corrected chi connectivity index (χ3v) is 7.25. The van der Waals surface area contributed by atoms with E-state index < -0.39 is 5.41 Å². The van der Waals surface area contributed by atoms with Gasteiger partial charge in [0.05, 0.1) is 0 Å². The van der Waals surface area contributed by atoms with Gasteiger partial charge in [-0.05, 0) is 36.2 Å². The average Bonchev–Trinajstić information content (AvgIpc) is 3.55. The Kier molecular flexibility index (Phi) is 5.09. The van der Waals surface area contributed by atoms with Crippen molar-refractivity contribution in [2.75, 3.05) is 43.8 Å². The maximum absolute atomic E-state index is 14.3. The lowest BCUT2D eigenvalue weighted by Crippen LogP contribution is -2.43. The van der Waals surface area contributed by atoms with Crippen LogP contribution in [0, 0.1) is 0 Å². The molecule has 0 saturated carbocycles. The number of unbranched alkanes of at least 4 members (excludes halogenated alkanes) is 2. The van der Waals surface area contributed by atoms with Gasteiger partial charge in [0.25, 0.3) is 0 Å². The van der Waals surface area contributed by atoms with E-state index in [9.17, 15) is 4.79 Å². The number of ether oxygens (including phenoxy) is 3. The average molecular weight is 472 g/mol. The first-order chi connectivity index (χ1) is 17.0. The first kappa shape index (κ1) is 21.8. The molecule has 0 radical (unpaired) electrons. The summed E-state index contributed by atoms with van der Waals surface area (Å²) in [6.07, 6.45) is 5.02. The van der Waals surface area contributed by atoms with E-state index in [1.165, 1.54) is 0 Å². The van der Waals surface area contributed by atoms with Crippen LogP contribution in [0.2, 0.25) is 0 Å². The first-order valence-corrected chi connectivity index (χ1v) is 12.2. The molecule has 7 nitrogen and oxygen atoms in total. The van der Waals surface area contributed by atoms with E-state index in [0.29, 0.717) is 23.8 Å². The van der Waals surface area contributed by atoms with Crippen LogP contribution < -0.4 is 24.0 Å². The van der Waals surface area contributed by atoms with Gasteiger partial charge in [0.2, 0.25) is 12.7 Å². The number of rotatable bonds is 6. The minimum atomic E-state index is -0.936. The molecule has 3 aliphatic heterocycles. The molecule has 0 fully saturated rings. The van der Waals surface area contributed by atoms with Crippen LogP contribution in [0.3, 0.4) is 0 Å². The molecule has 35 heavy (non-hydrogen) atoms. The lowest BCUT2D eigenvalue weighted by atomic mass is 9.74. The number of amides is 1. The maximum Gasteiger partial charge on any atom is 0.245 e. The molecule has 7 heteroatoms. The van der Waals surface area contributed by atoms with Crippen LogP contribution in [0.25, 0.3) is 11.1 Å². The lowest BCUT2D eigenvalue weighted by molar-refractivity contribution is -0.122. The van der Waals surface area contributed by atoms with Gasteiger partial charge in [-0.3, -0.25) is 4.79 Å². The molecule has 4 heterocycles. The van der Waals surface area contributed by atoms with Crippen molar-refractivity contribution in [2.24, 2.45) is 0 Å². The van der Waals surface area contributed by atoms with E-state index in [-0.39, 0.29) is 19.3 Å². The quantitative estimate of drug-likeness (QED) is 0.483. The minimum absolute atomic E-state index is 0.0616. The van der Waals surface area contributed by atoms with Crippen LogP contribution in [0.15, 0.2) is 48.7 Å². The molecule has 0 saturated heterocycles. The molecule has 1 amide bonds. The number of benzene rings is 2. The Morgan fingerprint density at radius 1 is 1.03 bits per heavy atom. The first-order valence-electron chi connectivity index (χ1n) is 12.2. The molecule has 1 unspecified atom stereocenters. The normalized spacial score (nSPS) is 19.2. The molecular formula is C28H29N3O4. The summed E-state index contributed by atoms with van der Waals surface area (Å²) >= 11 is 0. The van der Waals surface area contributed by atoms with Gasteiger partial charge in [-0.1, -0.05) is 31.9 Å². The predicted molar refractivity (Wildman–Crippen MR) is 135 cm³/mol. The summed E-state index contributed by atoms with van der Waals surface area (Å²) < 4.78 is 17.5. The molecule has 6 rings (SSSR count). The highest BCUT2D eigenvalue weighted by atomic mass is 16.7. The zero-order valence-electron chi connectivity index (χ0n) is 20.3. The Hall–Kier alpha value is -3.74. The van der Waals surface area contributed by atoms with Gasteiger partial charge >= 0.3 is 0 Å².